The van der Waals surface area contributed by atoms with Crippen molar-refractivity contribution in [1.82, 2.24) is 15.3 Å². The molecule has 1 aliphatic carbocycles. The molecule has 1 atom stereocenters. The molecule has 0 radical (unpaired) electrons. The molecule has 1 aromatic carbocycles. The van der Waals surface area contributed by atoms with Gasteiger partial charge < -0.3 is 5.32 Å². The van der Waals surface area contributed by atoms with Gasteiger partial charge in [0.2, 0.25) is 0 Å². The highest BCUT2D eigenvalue weighted by molar-refractivity contribution is 5.80. The molecule has 1 heterocycles. The number of allylic oxidation sites excluding steroid dienone is 1. The topological polar surface area (TPSA) is 37.8 Å². The summed E-state index contributed by atoms with van der Waals surface area (Å²) in [7, 11) is 2.01. The van der Waals surface area contributed by atoms with E-state index < -0.39 is 0 Å². The standard InChI is InChI=1S/C18H21N3/c1-13(17-12-20-9-10-21-17)18-15(7-8-19-2)11-14-5-3-4-6-16(14)18/h3-6,9-10,12-13,19H,7-8,11H2,1-2H3/t13-/m0/s1. The molecule has 0 aliphatic heterocycles. The average molecular weight is 279 g/mol. The second-order valence-corrected chi connectivity index (χ2v) is 5.56. The zero-order valence-corrected chi connectivity index (χ0v) is 12.6. The Bertz CT molecular complexity index is 647. The Balaban J connectivity index is 2.01. The number of aromatic nitrogens is 2. The molecule has 21 heavy (non-hydrogen) atoms. The van der Waals surface area contributed by atoms with Crippen molar-refractivity contribution in [2.24, 2.45) is 0 Å². The van der Waals surface area contributed by atoms with Crippen molar-refractivity contribution in [2.75, 3.05) is 13.6 Å². The van der Waals surface area contributed by atoms with Gasteiger partial charge in [-0.1, -0.05) is 36.8 Å². The minimum absolute atomic E-state index is 0.286. The normalized spacial score (nSPS) is 15.1. The maximum atomic E-state index is 4.50. The SMILES string of the molecule is CNCCC1=C([C@@H](C)c2cnccn2)c2ccccc2C1. The van der Waals surface area contributed by atoms with Gasteiger partial charge in [0.05, 0.1) is 5.69 Å². The van der Waals surface area contributed by atoms with Crippen molar-refractivity contribution in [3.05, 3.63) is 65.2 Å². The number of hydrogen-bond acceptors (Lipinski definition) is 3. The van der Waals surface area contributed by atoms with Crippen LogP contribution in [0.4, 0.5) is 0 Å². The van der Waals surface area contributed by atoms with Crippen LogP contribution in [0.5, 0.6) is 0 Å². The molecular weight excluding hydrogens is 258 g/mol. The van der Waals surface area contributed by atoms with Crippen LogP contribution in [0.3, 0.4) is 0 Å². The molecule has 3 rings (SSSR count). The minimum Gasteiger partial charge on any atom is -0.319 e. The van der Waals surface area contributed by atoms with Gasteiger partial charge in [0.1, 0.15) is 0 Å². The van der Waals surface area contributed by atoms with Crippen LogP contribution in [0.2, 0.25) is 0 Å². The summed E-state index contributed by atoms with van der Waals surface area (Å²) < 4.78 is 0. The molecule has 0 saturated heterocycles. The first-order valence-corrected chi connectivity index (χ1v) is 7.52. The molecule has 0 spiro atoms. The lowest BCUT2D eigenvalue weighted by molar-refractivity contribution is 0.772. The maximum Gasteiger partial charge on any atom is 0.0658 e. The Labute approximate surface area is 126 Å². The van der Waals surface area contributed by atoms with E-state index in [2.05, 4.69) is 46.5 Å². The lowest BCUT2D eigenvalue weighted by atomic mass is 9.90. The second kappa shape index (κ2) is 6.19. The van der Waals surface area contributed by atoms with Crippen molar-refractivity contribution in [3.63, 3.8) is 0 Å². The highest BCUT2D eigenvalue weighted by Crippen LogP contribution is 2.42. The minimum atomic E-state index is 0.286. The summed E-state index contributed by atoms with van der Waals surface area (Å²) >= 11 is 0. The predicted molar refractivity (Wildman–Crippen MR) is 86.1 cm³/mol. The Hall–Kier alpha value is -2.00. The maximum absolute atomic E-state index is 4.50. The Morgan fingerprint density at radius 1 is 1.24 bits per heavy atom. The largest absolute Gasteiger partial charge is 0.319 e. The quantitative estimate of drug-likeness (QED) is 0.913. The average Bonchev–Trinajstić information content (AvgIpc) is 2.91. The van der Waals surface area contributed by atoms with Crippen LogP contribution >= 0.6 is 0 Å². The fourth-order valence-electron chi connectivity index (χ4n) is 3.17. The van der Waals surface area contributed by atoms with Crippen molar-refractivity contribution in [2.45, 2.75) is 25.7 Å². The molecule has 0 amide bonds. The van der Waals surface area contributed by atoms with Crippen LogP contribution in [0.15, 0.2) is 48.4 Å². The van der Waals surface area contributed by atoms with E-state index in [1.807, 2.05) is 13.2 Å². The van der Waals surface area contributed by atoms with Gasteiger partial charge in [0.25, 0.3) is 0 Å². The number of benzene rings is 1. The Morgan fingerprint density at radius 2 is 2.10 bits per heavy atom. The van der Waals surface area contributed by atoms with Crippen LogP contribution in [0.1, 0.15) is 36.1 Å². The molecule has 3 nitrogen and oxygen atoms in total. The molecule has 0 unspecified atom stereocenters. The van der Waals surface area contributed by atoms with Crippen LogP contribution in [0, 0.1) is 0 Å². The molecule has 1 aliphatic rings. The Kier molecular flexibility index (Phi) is 4.11. The van der Waals surface area contributed by atoms with E-state index in [1.165, 1.54) is 22.3 Å². The van der Waals surface area contributed by atoms with Gasteiger partial charge >= 0.3 is 0 Å². The zero-order chi connectivity index (χ0) is 14.7. The van der Waals surface area contributed by atoms with Gasteiger partial charge in [0.15, 0.2) is 0 Å². The summed E-state index contributed by atoms with van der Waals surface area (Å²) in [5.74, 6) is 0.286. The summed E-state index contributed by atoms with van der Waals surface area (Å²) in [6, 6.07) is 8.74. The van der Waals surface area contributed by atoms with Crippen molar-refractivity contribution in [1.29, 1.82) is 0 Å². The van der Waals surface area contributed by atoms with Gasteiger partial charge in [-0.3, -0.25) is 9.97 Å². The summed E-state index contributed by atoms with van der Waals surface area (Å²) in [5.41, 5.74) is 6.85. The number of hydrogen-bond donors (Lipinski definition) is 1. The molecule has 0 fully saturated rings. The summed E-state index contributed by atoms with van der Waals surface area (Å²) in [6.07, 6.45) is 7.55. The van der Waals surface area contributed by atoms with Gasteiger partial charge in [-0.05, 0) is 43.1 Å². The van der Waals surface area contributed by atoms with Crippen LogP contribution < -0.4 is 5.32 Å². The van der Waals surface area contributed by atoms with Crippen LogP contribution in [0.25, 0.3) is 5.57 Å². The Morgan fingerprint density at radius 3 is 2.86 bits per heavy atom. The van der Waals surface area contributed by atoms with Crippen LogP contribution in [-0.4, -0.2) is 23.6 Å². The zero-order valence-electron chi connectivity index (χ0n) is 12.6. The lowest BCUT2D eigenvalue weighted by Crippen LogP contribution is -2.09. The fourth-order valence-corrected chi connectivity index (χ4v) is 3.17. The van der Waals surface area contributed by atoms with Crippen molar-refractivity contribution < 1.29 is 0 Å². The fraction of sp³-hybridized carbons (Fsp3) is 0.333. The summed E-state index contributed by atoms with van der Waals surface area (Å²) in [6.45, 7) is 3.25. The highest BCUT2D eigenvalue weighted by atomic mass is 14.8. The first-order valence-electron chi connectivity index (χ1n) is 7.52. The number of nitrogens with zero attached hydrogens (tertiary/aromatic N) is 2. The lowest BCUT2D eigenvalue weighted by Gasteiger charge is -2.16. The summed E-state index contributed by atoms with van der Waals surface area (Å²) in [4.78, 5) is 8.72. The third-order valence-corrected chi connectivity index (χ3v) is 4.23. The summed E-state index contributed by atoms with van der Waals surface area (Å²) in [5, 5.41) is 3.26. The number of rotatable bonds is 5. The molecule has 108 valence electrons. The van der Waals surface area contributed by atoms with E-state index in [0.29, 0.717) is 0 Å². The molecule has 1 N–H and O–H groups in total. The van der Waals surface area contributed by atoms with Crippen LogP contribution in [-0.2, 0) is 6.42 Å². The van der Waals surface area contributed by atoms with E-state index in [4.69, 9.17) is 0 Å². The molecular formula is C18H21N3. The third kappa shape index (κ3) is 2.74. The second-order valence-electron chi connectivity index (χ2n) is 5.56. The van der Waals surface area contributed by atoms with E-state index in [9.17, 15) is 0 Å². The monoisotopic (exact) mass is 279 g/mol. The van der Waals surface area contributed by atoms with Gasteiger partial charge in [-0.2, -0.15) is 0 Å². The van der Waals surface area contributed by atoms with E-state index >= 15 is 0 Å². The van der Waals surface area contributed by atoms with Gasteiger partial charge in [-0.25, -0.2) is 0 Å². The van der Waals surface area contributed by atoms with Gasteiger partial charge in [-0.15, -0.1) is 0 Å². The van der Waals surface area contributed by atoms with E-state index in [-0.39, 0.29) is 5.92 Å². The highest BCUT2D eigenvalue weighted by Gasteiger charge is 2.26. The number of nitrogens with one attached hydrogen (secondary N) is 1. The smallest absolute Gasteiger partial charge is 0.0658 e. The molecule has 2 aromatic rings. The van der Waals surface area contributed by atoms with Crippen molar-refractivity contribution >= 4 is 5.57 Å². The molecule has 1 aromatic heterocycles. The molecule has 3 heteroatoms. The first kappa shape index (κ1) is 14.0. The van der Waals surface area contributed by atoms with E-state index in [0.717, 1.165) is 25.1 Å². The van der Waals surface area contributed by atoms with E-state index in [1.54, 1.807) is 12.4 Å². The van der Waals surface area contributed by atoms with Gasteiger partial charge in [0, 0.05) is 24.5 Å². The molecule has 0 saturated carbocycles. The molecule has 0 bridgehead atoms. The third-order valence-electron chi connectivity index (χ3n) is 4.23. The first-order chi connectivity index (χ1) is 10.3. The predicted octanol–water partition coefficient (Wildman–Crippen LogP) is 3.20. The number of fused-ring (bicyclic) bond motifs is 1. The van der Waals surface area contributed by atoms with Crippen molar-refractivity contribution in [3.8, 4) is 0 Å².